The lowest BCUT2D eigenvalue weighted by Gasteiger charge is -2.25. The van der Waals surface area contributed by atoms with Crippen LogP contribution in [0.4, 0.5) is 4.79 Å². The van der Waals surface area contributed by atoms with Crippen LogP contribution in [0.1, 0.15) is 44.2 Å². The van der Waals surface area contributed by atoms with Crippen LogP contribution in [0.15, 0.2) is 24.3 Å². The highest BCUT2D eigenvalue weighted by atomic mass is 32.2. The molecule has 1 aliphatic rings. The summed E-state index contributed by atoms with van der Waals surface area (Å²) in [5, 5.41) is 2.63. The number of urea groups is 1. The van der Waals surface area contributed by atoms with Crippen molar-refractivity contribution in [1.29, 1.82) is 0 Å². The van der Waals surface area contributed by atoms with Gasteiger partial charge in [0.25, 0.3) is 0 Å². The minimum absolute atomic E-state index is 0.0128. The van der Waals surface area contributed by atoms with Gasteiger partial charge in [-0.1, -0.05) is 45.0 Å². The summed E-state index contributed by atoms with van der Waals surface area (Å²) in [6.45, 7) is 9.18. The van der Waals surface area contributed by atoms with E-state index in [1.54, 1.807) is 23.6 Å². The fraction of sp³-hybridized carbons (Fsp3) is 0.556. The molecule has 6 heteroatoms. The van der Waals surface area contributed by atoms with E-state index in [-0.39, 0.29) is 23.4 Å². The Hall–Kier alpha value is -1.69. The van der Waals surface area contributed by atoms with Gasteiger partial charge in [-0.15, -0.1) is 11.8 Å². The molecule has 0 radical (unpaired) electrons. The van der Waals surface area contributed by atoms with Gasteiger partial charge >= 0.3 is 12.0 Å². The summed E-state index contributed by atoms with van der Waals surface area (Å²) in [7, 11) is 0. The van der Waals surface area contributed by atoms with Crippen molar-refractivity contribution in [3.05, 3.63) is 35.4 Å². The van der Waals surface area contributed by atoms with E-state index in [2.05, 4.69) is 50.4 Å². The monoisotopic (exact) mass is 350 g/mol. The zero-order chi connectivity index (χ0) is 17.7. The van der Waals surface area contributed by atoms with Crippen LogP contribution in [-0.4, -0.2) is 42.3 Å². The smallest absolute Gasteiger partial charge is 0.325 e. The van der Waals surface area contributed by atoms with E-state index in [1.165, 1.54) is 5.56 Å². The van der Waals surface area contributed by atoms with E-state index in [4.69, 9.17) is 4.74 Å². The van der Waals surface area contributed by atoms with Crippen molar-refractivity contribution < 1.29 is 14.3 Å². The van der Waals surface area contributed by atoms with Crippen LogP contribution in [0.2, 0.25) is 0 Å². The Labute approximate surface area is 148 Å². The highest BCUT2D eigenvalue weighted by Crippen LogP contribution is 2.38. The van der Waals surface area contributed by atoms with E-state index in [1.807, 2.05) is 0 Å². The second kappa shape index (κ2) is 7.92. The van der Waals surface area contributed by atoms with Crippen LogP contribution in [0, 0.1) is 0 Å². The third-order valence-corrected chi connectivity index (χ3v) is 5.16. The average Bonchev–Trinajstić information content (AvgIpc) is 3.02. The quantitative estimate of drug-likeness (QED) is 0.847. The molecule has 1 aromatic rings. The minimum Gasteiger partial charge on any atom is -0.465 e. The lowest BCUT2D eigenvalue weighted by Crippen LogP contribution is -2.41. The van der Waals surface area contributed by atoms with E-state index in [0.29, 0.717) is 13.2 Å². The number of benzene rings is 1. The number of carbonyl (C=O) groups is 2. The summed E-state index contributed by atoms with van der Waals surface area (Å²) in [5.41, 5.74) is 2.49. The summed E-state index contributed by atoms with van der Waals surface area (Å²) in [6.07, 6.45) is 0. The predicted octanol–water partition coefficient (Wildman–Crippen LogP) is 3.30. The number of hydrogen-bond donors (Lipinski definition) is 1. The Kier molecular flexibility index (Phi) is 6.15. The van der Waals surface area contributed by atoms with Gasteiger partial charge in [-0.3, -0.25) is 4.79 Å². The molecule has 1 aromatic carbocycles. The zero-order valence-corrected chi connectivity index (χ0v) is 15.6. The summed E-state index contributed by atoms with van der Waals surface area (Å²) in [5.74, 6) is 0.474. The number of carbonyl (C=O) groups excluding carboxylic acids is 2. The van der Waals surface area contributed by atoms with E-state index in [0.717, 1.165) is 11.3 Å². The molecule has 5 nitrogen and oxygen atoms in total. The molecule has 0 saturated carbocycles. The van der Waals surface area contributed by atoms with Crippen molar-refractivity contribution in [2.75, 3.05) is 25.4 Å². The molecule has 1 heterocycles. The molecule has 2 rings (SSSR count). The molecule has 2 amide bonds. The second-order valence-corrected chi connectivity index (χ2v) is 7.94. The summed E-state index contributed by atoms with van der Waals surface area (Å²) < 4.78 is 4.83. The first kappa shape index (κ1) is 18.6. The molecular weight excluding hydrogens is 324 g/mol. The van der Waals surface area contributed by atoms with Crippen molar-refractivity contribution in [1.82, 2.24) is 10.2 Å². The molecule has 0 unspecified atom stereocenters. The van der Waals surface area contributed by atoms with Crippen LogP contribution in [0.3, 0.4) is 0 Å². The predicted molar refractivity (Wildman–Crippen MR) is 97.1 cm³/mol. The maximum Gasteiger partial charge on any atom is 0.325 e. The van der Waals surface area contributed by atoms with Gasteiger partial charge in [-0.2, -0.15) is 0 Å². The van der Waals surface area contributed by atoms with Gasteiger partial charge in [0.2, 0.25) is 0 Å². The summed E-state index contributed by atoms with van der Waals surface area (Å²) in [6, 6.07) is 8.22. The number of thioether (sulfide) groups is 1. The van der Waals surface area contributed by atoms with Crippen LogP contribution in [0.5, 0.6) is 0 Å². The largest absolute Gasteiger partial charge is 0.465 e. The third kappa shape index (κ3) is 4.66. The van der Waals surface area contributed by atoms with E-state index >= 15 is 0 Å². The van der Waals surface area contributed by atoms with Gasteiger partial charge in [0.1, 0.15) is 11.9 Å². The molecule has 132 valence electrons. The fourth-order valence-corrected chi connectivity index (χ4v) is 3.82. The SMILES string of the molecule is CCOC(=O)CNC(=O)N1CCS[C@@H]1c1ccc(C(C)(C)C)cc1. The Morgan fingerprint density at radius 1 is 1.29 bits per heavy atom. The fourth-order valence-electron chi connectivity index (χ4n) is 2.56. The molecule has 24 heavy (non-hydrogen) atoms. The maximum atomic E-state index is 12.4. The molecule has 0 aromatic heterocycles. The average molecular weight is 350 g/mol. The van der Waals surface area contributed by atoms with Crippen LogP contribution in [0.25, 0.3) is 0 Å². The van der Waals surface area contributed by atoms with Gasteiger partial charge in [-0.05, 0) is 23.5 Å². The molecule has 1 saturated heterocycles. The number of nitrogens with zero attached hydrogens (tertiary/aromatic N) is 1. The van der Waals surface area contributed by atoms with Crippen LogP contribution in [-0.2, 0) is 14.9 Å². The Bertz CT molecular complexity index is 581. The molecular formula is C18H26N2O3S. The van der Waals surface area contributed by atoms with E-state index in [9.17, 15) is 9.59 Å². The van der Waals surface area contributed by atoms with Crippen molar-refractivity contribution in [3.63, 3.8) is 0 Å². The number of nitrogens with one attached hydrogen (secondary N) is 1. The van der Waals surface area contributed by atoms with E-state index < -0.39 is 5.97 Å². The van der Waals surface area contributed by atoms with Gasteiger partial charge in [0.15, 0.2) is 0 Å². The Morgan fingerprint density at radius 3 is 2.54 bits per heavy atom. The Morgan fingerprint density at radius 2 is 1.96 bits per heavy atom. The van der Waals surface area contributed by atoms with Crippen molar-refractivity contribution in [2.45, 2.75) is 38.5 Å². The first-order chi connectivity index (χ1) is 11.3. The van der Waals surface area contributed by atoms with Gasteiger partial charge in [0, 0.05) is 12.3 Å². The number of esters is 1. The summed E-state index contributed by atoms with van der Waals surface area (Å²) in [4.78, 5) is 25.5. The number of rotatable bonds is 4. The number of hydrogen-bond acceptors (Lipinski definition) is 4. The normalized spacial score (nSPS) is 17.7. The number of amides is 2. The molecule has 0 aliphatic carbocycles. The van der Waals surface area contributed by atoms with Crippen LogP contribution < -0.4 is 5.32 Å². The first-order valence-electron chi connectivity index (χ1n) is 8.25. The zero-order valence-electron chi connectivity index (χ0n) is 14.8. The molecule has 1 atom stereocenters. The topological polar surface area (TPSA) is 58.6 Å². The first-order valence-corrected chi connectivity index (χ1v) is 9.30. The molecule has 0 bridgehead atoms. The van der Waals surface area contributed by atoms with Gasteiger partial charge in [0.05, 0.1) is 6.61 Å². The molecule has 1 N–H and O–H groups in total. The molecule has 0 spiro atoms. The Balaban J connectivity index is 2.02. The summed E-state index contributed by atoms with van der Waals surface area (Å²) >= 11 is 1.74. The highest BCUT2D eigenvalue weighted by molar-refractivity contribution is 7.99. The third-order valence-electron chi connectivity index (χ3n) is 3.90. The maximum absolute atomic E-state index is 12.4. The lowest BCUT2D eigenvalue weighted by molar-refractivity contribution is -0.141. The number of ether oxygens (including phenoxy) is 1. The lowest BCUT2D eigenvalue weighted by atomic mass is 9.87. The second-order valence-electron chi connectivity index (χ2n) is 6.75. The molecule has 1 aliphatic heterocycles. The van der Waals surface area contributed by atoms with Crippen LogP contribution >= 0.6 is 11.8 Å². The van der Waals surface area contributed by atoms with Gasteiger partial charge in [-0.25, -0.2) is 4.79 Å². The van der Waals surface area contributed by atoms with Crippen molar-refractivity contribution in [3.8, 4) is 0 Å². The standard InChI is InChI=1S/C18H26N2O3S/c1-5-23-15(21)12-19-17(22)20-10-11-24-16(20)13-6-8-14(9-7-13)18(2,3)4/h6-9,16H,5,10-12H2,1-4H3,(H,19,22)/t16-/m1/s1. The minimum atomic E-state index is -0.413. The van der Waals surface area contributed by atoms with Crippen molar-refractivity contribution in [2.24, 2.45) is 0 Å². The van der Waals surface area contributed by atoms with Crippen molar-refractivity contribution >= 4 is 23.8 Å². The highest BCUT2D eigenvalue weighted by Gasteiger charge is 2.31. The van der Waals surface area contributed by atoms with Gasteiger partial charge < -0.3 is 15.0 Å². The molecule has 1 fully saturated rings.